The summed E-state index contributed by atoms with van der Waals surface area (Å²) in [6.07, 6.45) is 0.712. The molecule has 0 aliphatic carbocycles. The lowest BCUT2D eigenvalue weighted by molar-refractivity contribution is -0.115. The van der Waals surface area contributed by atoms with Crippen molar-refractivity contribution in [3.63, 3.8) is 0 Å². The maximum atomic E-state index is 12.9. The van der Waals surface area contributed by atoms with Gasteiger partial charge in [-0.1, -0.05) is 25.6 Å². The molecule has 0 spiro atoms. The van der Waals surface area contributed by atoms with Crippen LogP contribution >= 0.6 is 60.8 Å². The van der Waals surface area contributed by atoms with Crippen LogP contribution in [0.15, 0.2) is 83.3 Å². The van der Waals surface area contributed by atoms with E-state index >= 15 is 0 Å². The Hall–Kier alpha value is -3.35. The molecule has 0 radical (unpaired) electrons. The maximum absolute atomic E-state index is 12.9. The second-order valence-electron chi connectivity index (χ2n) is 9.41. The third-order valence-electron chi connectivity index (χ3n) is 5.65. The number of nitrogens with two attached hydrogens (primary N) is 1. The van der Waals surface area contributed by atoms with Crippen LogP contribution in [-0.2, 0) is 32.0 Å². The molecule has 3 amide bonds. The second kappa shape index (κ2) is 25.6. The van der Waals surface area contributed by atoms with Crippen molar-refractivity contribution in [2.24, 2.45) is 0 Å². The highest BCUT2D eigenvalue weighted by atomic mass is 79.9. The molecule has 0 aromatic heterocycles. The quantitative estimate of drug-likeness (QED) is 0.0543. The summed E-state index contributed by atoms with van der Waals surface area (Å²) >= 11 is 18.6. The summed E-state index contributed by atoms with van der Waals surface area (Å²) in [4.78, 5) is 41.8. The molecule has 2 heterocycles. The Morgan fingerprint density at radius 2 is 1.27 bits per heavy atom. The fourth-order valence-electron chi connectivity index (χ4n) is 3.67. The van der Waals surface area contributed by atoms with E-state index in [4.69, 9.17) is 50.6 Å². The summed E-state index contributed by atoms with van der Waals surface area (Å²) in [6, 6.07) is 18.8. The third kappa shape index (κ3) is 19.2. The number of benzene rings is 4. The standard InChI is InChI=1S/C8H5BrFNO.C8H7ClFNO.C8H6FNO.C6H6FN.C2H2Cl2O.CH4.Al.ClH.2H/c9-5-1-4-2-8(12)11-7(4)3-6(5)10;9-5-8(12)11-7-3-1-2-6(10)4-7;9-6-2-1-5-3-8(11)10-7(5)4-6;7-5-2-1-3-6(8)4-5;3-1-2(4)5;;;;;/h1,3H,2H2,(H,11,12);1-4H,5H2,(H,11,12);1-2,4H,3H2,(H,10,11);1-4H,8H2;1H2;1H4;;1H;;/q;;;;;;+1;;;/p-1. The predicted molar refractivity (Wildman–Crippen MR) is 204 cm³/mol. The highest BCUT2D eigenvalue weighted by Crippen LogP contribution is 2.28. The van der Waals surface area contributed by atoms with Gasteiger partial charge in [0.25, 0.3) is 0 Å². The molecule has 2 aliphatic rings. The van der Waals surface area contributed by atoms with Crippen molar-refractivity contribution in [1.29, 1.82) is 0 Å². The van der Waals surface area contributed by atoms with Crippen LogP contribution in [0.1, 0.15) is 18.6 Å². The lowest BCUT2D eigenvalue weighted by Gasteiger charge is -2.01. The smallest absolute Gasteiger partial charge is 0.353 e. The van der Waals surface area contributed by atoms with E-state index in [0.717, 1.165) is 26.5 Å². The van der Waals surface area contributed by atoms with Gasteiger partial charge in [0, 0.05) is 22.7 Å². The Labute approximate surface area is 328 Å². The molecule has 6 rings (SSSR count). The van der Waals surface area contributed by atoms with Gasteiger partial charge >= 0.3 is 15.4 Å². The normalized spacial score (nSPS) is 11.0. The largest absolute Gasteiger partial charge is 0.399 e. The Morgan fingerprint density at radius 3 is 1.76 bits per heavy atom. The number of hydrogen-bond acceptors (Lipinski definition) is 5. The summed E-state index contributed by atoms with van der Waals surface area (Å²) in [6.45, 7) is 0. The molecule has 5 N–H and O–H groups in total. The molecule has 0 saturated heterocycles. The van der Waals surface area contributed by atoms with E-state index in [-0.39, 0.29) is 60.2 Å². The number of nitrogens with one attached hydrogen (secondary N) is 3. The highest BCUT2D eigenvalue weighted by Gasteiger charge is 2.19. The van der Waals surface area contributed by atoms with Crippen molar-refractivity contribution in [1.82, 2.24) is 0 Å². The first kappa shape index (κ1) is 47.7. The number of hydrogen-bond donors (Lipinski definition) is 4. The molecule has 0 bridgehead atoms. The Balaban J connectivity index is 0.000000617. The highest BCUT2D eigenvalue weighted by molar-refractivity contribution is 9.10. The van der Waals surface area contributed by atoms with Crippen LogP contribution in [0.5, 0.6) is 0 Å². The number of anilines is 4. The molecular weight excluding hydrogens is 841 g/mol. The number of rotatable bonds is 3. The first-order chi connectivity index (χ1) is 23.7. The van der Waals surface area contributed by atoms with Gasteiger partial charge in [-0.25, -0.2) is 17.6 Å². The van der Waals surface area contributed by atoms with Gasteiger partial charge < -0.3 is 21.7 Å². The van der Waals surface area contributed by atoms with E-state index < -0.39 is 5.24 Å². The van der Waals surface area contributed by atoms with Gasteiger partial charge in [0.15, 0.2) is 0 Å². The number of carbonyl (C=O) groups excluding carboxylic acids is 4. The van der Waals surface area contributed by atoms with Gasteiger partial charge in [0.05, 0.1) is 23.2 Å². The summed E-state index contributed by atoms with van der Waals surface area (Å²) in [5, 5.41) is 7.04. The molecule has 8 nitrogen and oxygen atoms in total. The van der Waals surface area contributed by atoms with Crippen molar-refractivity contribution in [3.8, 4) is 0 Å². The van der Waals surface area contributed by atoms with Crippen LogP contribution in [0.3, 0.4) is 0 Å². The minimum Gasteiger partial charge on any atom is -0.399 e. The van der Waals surface area contributed by atoms with Crippen LogP contribution in [0.25, 0.3) is 0 Å². The summed E-state index contributed by atoms with van der Waals surface area (Å²) in [5.74, 6) is -2.05. The number of carbonyl (C=O) groups is 4. The zero-order valence-corrected chi connectivity index (χ0v) is 32.6. The molecule has 18 heteroatoms. The van der Waals surface area contributed by atoms with E-state index in [9.17, 15) is 36.7 Å². The van der Waals surface area contributed by atoms with Crippen molar-refractivity contribution >= 4 is 122 Å². The predicted octanol–water partition coefficient (Wildman–Crippen LogP) is 8.21. The molecule has 0 fully saturated rings. The topological polar surface area (TPSA) is 130 Å². The van der Waals surface area contributed by atoms with E-state index in [1.165, 1.54) is 48.5 Å². The molecule has 4 aromatic rings. The molecular formula is C33H32AlBrCl4F4N4O4. The lowest BCUT2D eigenvalue weighted by atomic mass is 10.2. The third-order valence-corrected chi connectivity index (χ3v) is 7.02. The van der Waals surface area contributed by atoms with Gasteiger partial charge in [0.2, 0.25) is 23.0 Å². The van der Waals surface area contributed by atoms with E-state index in [0.29, 0.717) is 40.1 Å². The average molecular weight is 873 g/mol. The van der Waals surface area contributed by atoms with Crippen molar-refractivity contribution in [3.05, 3.63) is 118 Å². The fourth-order valence-corrected chi connectivity index (χ4v) is 4.13. The van der Waals surface area contributed by atoms with Gasteiger partial charge in [-0.3, -0.25) is 29.2 Å². The van der Waals surface area contributed by atoms with Gasteiger partial charge in [-0.15, -0.1) is 23.2 Å². The molecule has 4 aromatic carbocycles. The van der Waals surface area contributed by atoms with Crippen molar-refractivity contribution in [2.45, 2.75) is 20.3 Å². The number of alkyl halides is 2. The SMILES string of the molecule is C.Nc1cccc(F)c1.O=C(CCl)Nc1cccc(F)c1.O=C(Cl)CCl.O=C1Cc2cc(Br)c(F)cc2N1.O=C1Cc2ccc(F)cc2N1.[AlH2][Cl]. The van der Waals surface area contributed by atoms with Gasteiger partial charge in [0.1, 0.15) is 29.1 Å². The molecule has 274 valence electrons. The zero-order chi connectivity index (χ0) is 37.8. The summed E-state index contributed by atoms with van der Waals surface area (Å²) < 4.78 is 50.5. The molecule has 2 aliphatic heterocycles. The Morgan fingerprint density at radius 1 is 0.765 bits per heavy atom. The number of amides is 3. The summed E-state index contributed by atoms with van der Waals surface area (Å²) in [5.41, 5.74) is 9.00. The van der Waals surface area contributed by atoms with Gasteiger partial charge in [-0.2, -0.15) is 0 Å². The number of halogens is 9. The zero-order valence-electron chi connectivity index (χ0n) is 25.9. The lowest BCUT2D eigenvalue weighted by Crippen LogP contribution is -2.12. The minimum absolute atomic E-state index is 0. The first-order valence-electron chi connectivity index (χ1n) is 13.8. The van der Waals surface area contributed by atoms with Gasteiger partial charge in [-0.05, 0) is 99.3 Å². The first-order valence-corrected chi connectivity index (χ1v) is 19.1. The Kier molecular flexibility index (Phi) is 23.9. The van der Waals surface area contributed by atoms with Crippen molar-refractivity contribution in [2.75, 3.05) is 33.4 Å². The monoisotopic (exact) mass is 870 g/mol. The Bertz CT molecular complexity index is 1730. The van der Waals surface area contributed by atoms with Crippen LogP contribution in [-0.4, -0.2) is 50.1 Å². The molecule has 0 atom stereocenters. The molecule has 0 saturated carbocycles. The molecule has 0 unspecified atom stereocenters. The van der Waals surface area contributed by atoms with E-state index in [2.05, 4.69) is 31.9 Å². The van der Waals surface area contributed by atoms with E-state index in [1.807, 2.05) is 0 Å². The van der Waals surface area contributed by atoms with Crippen LogP contribution in [0.2, 0.25) is 0 Å². The minimum atomic E-state index is -0.508. The summed E-state index contributed by atoms with van der Waals surface area (Å²) in [7, 11) is 4.78. The van der Waals surface area contributed by atoms with Crippen LogP contribution < -0.4 is 21.7 Å². The maximum Gasteiger partial charge on any atom is 0.353 e. The van der Waals surface area contributed by atoms with Crippen molar-refractivity contribution < 1.29 is 36.7 Å². The van der Waals surface area contributed by atoms with Crippen LogP contribution in [0.4, 0.5) is 40.3 Å². The van der Waals surface area contributed by atoms with E-state index in [1.54, 1.807) is 30.3 Å². The molecule has 51 heavy (non-hydrogen) atoms. The fraction of sp³-hybridized carbons (Fsp3) is 0.152. The average Bonchev–Trinajstić information content (AvgIpc) is 3.62. The number of fused-ring (bicyclic) bond motifs is 2. The second-order valence-corrected chi connectivity index (χ2v) is 11.2. The number of nitrogen functional groups attached to an aromatic ring is 1. The van der Waals surface area contributed by atoms with Crippen LogP contribution in [0, 0.1) is 23.3 Å².